The Labute approximate surface area is 206 Å². The van der Waals surface area contributed by atoms with E-state index in [0.29, 0.717) is 17.6 Å². The third-order valence-electron chi connectivity index (χ3n) is 7.35. The molecule has 1 unspecified atom stereocenters. The first-order valence-electron chi connectivity index (χ1n) is 12.1. The van der Waals surface area contributed by atoms with Crippen LogP contribution in [-0.4, -0.2) is 71.1 Å². The minimum Gasteiger partial charge on any atom is -0.497 e. The summed E-state index contributed by atoms with van der Waals surface area (Å²) in [6.45, 7) is 6.80. The fourth-order valence-corrected chi connectivity index (χ4v) is 5.15. The van der Waals surface area contributed by atoms with Gasteiger partial charge in [-0.2, -0.15) is 5.10 Å². The van der Waals surface area contributed by atoms with E-state index in [1.54, 1.807) is 11.8 Å². The van der Waals surface area contributed by atoms with Gasteiger partial charge in [0, 0.05) is 55.7 Å². The predicted molar refractivity (Wildman–Crippen MR) is 136 cm³/mol. The van der Waals surface area contributed by atoms with Crippen molar-refractivity contribution >= 4 is 11.6 Å². The number of nitrogens with one attached hydrogen (secondary N) is 1. The van der Waals surface area contributed by atoms with Gasteiger partial charge in [-0.25, -0.2) is 0 Å². The maximum atomic E-state index is 13.3. The van der Waals surface area contributed by atoms with Crippen LogP contribution < -0.4 is 15.0 Å². The molecule has 8 heteroatoms. The molecular formula is C27H33N5O3. The van der Waals surface area contributed by atoms with Crippen LogP contribution >= 0.6 is 0 Å². The van der Waals surface area contributed by atoms with Crippen LogP contribution in [0.5, 0.6) is 5.75 Å². The number of carbonyl (C=O) groups is 1. The number of ether oxygens (including phenoxy) is 1. The summed E-state index contributed by atoms with van der Waals surface area (Å²) in [4.78, 5) is 18.0. The molecule has 3 aromatic rings. The van der Waals surface area contributed by atoms with Crippen LogP contribution in [0, 0.1) is 6.92 Å². The number of aliphatic hydroxyl groups excluding tert-OH is 1. The molecule has 3 heterocycles. The average molecular weight is 476 g/mol. The van der Waals surface area contributed by atoms with Crippen LogP contribution in [0.3, 0.4) is 0 Å². The second kappa shape index (κ2) is 9.36. The summed E-state index contributed by atoms with van der Waals surface area (Å²) in [7, 11) is 3.54. The maximum Gasteiger partial charge on any atom is 0.252 e. The summed E-state index contributed by atoms with van der Waals surface area (Å²) in [5.74, 6) is 0.652. The number of hydrogen-bond donors (Lipinski definition) is 2. The van der Waals surface area contributed by atoms with Crippen molar-refractivity contribution in [2.24, 2.45) is 7.05 Å². The van der Waals surface area contributed by atoms with Crippen molar-refractivity contribution in [1.29, 1.82) is 0 Å². The number of anilines is 1. The smallest absolute Gasteiger partial charge is 0.252 e. The van der Waals surface area contributed by atoms with Crippen molar-refractivity contribution in [1.82, 2.24) is 20.0 Å². The molecule has 0 aliphatic carbocycles. The number of hydrogen-bond acceptors (Lipinski definition) is 6. The number of methoxy groups -OCH3 is 1. The Morgan fingerprint density at radius 2 is 2.03 bits per heavy atom. The second-order valence-electron chi connectivity index (χ2n) is 9.60. The van der Waals surface area contributed by atoms with E-state index >= 15 is 0 Å². The van der Waals surface area contributed by atoms with Gasteiger partial charge >= 0.3 is 0 Å². The number of carbonyl (C=O) groups excluding carboxylic acids is 1. The molecule has 1 aromatic heterocycles. The van der Waals surface area contributed by atoms with E-state index in [0.717, 1.165) is 53.3 Å². The Hall–Kier alpha value is -3.36. The number of aryl methyl sites for hydroxylation is 2. The fourth-order valence-electron chi connectivity index (χ4n) is 5.15. The number of piperazine rings is 1. The molecule has 35 heavy (non-hydrogen) atoms. The van der Waals surface area contributed by atoms with E-state index in [2.05, 4.69) is 32.3 Å². The SMILES string of the molecule is COc1cc(-c2cnn(C)c2)cc([C@@H](C)NC(=O)c2cc(N3CC4[C@@H]3CN4CCO)ccc2C)c1. The van der Waals surface area contributed by atoms with E-state index in [1.807, 2.05) is 57.6 Å². The molecule has 8 nitrogen and oxygen atoms in total. The van der Waals surface area contributed by atoms with E-state index < -0.39 is 0 Å². The number of benzene rings is 2. The molecule has 2 fully saturated rings. The molecule has 0 bridgehead atoms. The first-order chi connectivity index (χ1) is 16.9. The lowest BCUT2D eigenvalue weighted by Crippen LogP contribution is -2.79. The van der Waals surface area contributed by atoms with E-state index in [-0.39, 0.29) is 18.6 Å². The lowest BCUT2D eigenvalue weighted by molar-refractivity contribution is -0.000224. The zero-order valence-electron chi connectivity index (χ0n) is 20.7. The summed E-state index contributed by atoms with van der Waals surface area (Å²) in [6, 6.07) is 12.9. The van der Waals surface area contributed by atoms with Crippen molar-refractivity contribution in [2.75, 3.05) is 38.3 Å². The molecule has 2 saturated heterocycles. The summed E-state index contributed by atoms with van der Waals surface area (Å²) < 4.78 is 7.30. The highest BCUT2D eigenvalue weighted by molar-refractivity contribution is 5.97. The summed E-state index contributed by atoms with van der Waals surface area (Å²) in [5.41, 5.74) is 5.69. The minimum absolute atomic E-state index is 0.0878. The number of rotatable bonds is 8. The minimum atomic E-state index is -0.205. The number of fused-ring (bicyclic) bond motifs is 1. The van der Waals surface area contributed by atoms with Gasteiger partial charge in [0.1, 0.15) is 5.75 Å². The van der Waals surface area contributed by atoms with E-state index in [1.165, 1.54) is 0 Å². The van der Waals surface area contributed by atoms with E-state index in [9.17, 15) is 9.90 Å². The molecule has 0 saturated carbocycles. The number of aromatic nitrogens is 2. The monoisotopic (exact) mass is 475 g/mol. The summed E-state index contributed by atoms with van der Waals surface area (Å²) >= 11 is 0. The average Bonchev–Trinajstić information content (AvgIpc) is 3.28. The molecular weight excluding hydrogens is 442 g/mol. The first kappa shape index (κ1) is 23.4. The van der Waals surface area contributed by atoms with Gasteiger partial charge in [0.05, 0.1) is 32.0 Å². The molecule has 1 amide bonds. The van der Waals surface area contributed by atoms with E-state index in [4.69, 9.17) is 4.74 Å². The Kier molecular flexibility index (Phi) is 6.25. The number of aliphatic hydroxyl groups is 1. The summed E-state index contributed by atoms with van der Waals surface area (Å²) in [6.07, 6.45) is 3.78. The van der Waals surface area contributed by atoms with Gasteiger partial charge in [-0.3, -0.25) is 14.4 Å². The van der Waals surface area contributed by atoms with Gasteiger partial charge in [-0.1, -0.05) is 6.07 Å². The Morgan fingerprint density at radius 1 is 1.20 bits per heavy atom. The van der Waals surface area contributed by atoms with Gasteiger partial charge in [0.2, 0.25) is 0 Å². The molecule has 5 rings (SSSR count). The van der Waals surface area contributed by atoms with Crippen LogP contribution in [-0.2, 0) is 7.05 Å². The van der Waals surface area contributed by atoms with Crippen LogP contribution in [0.4, 0.5) is 5.69 Å². The maximum absolute atomic E-state index is 13.3. The molecule has 0 spiro atoms. The van der Waals surface area contributed by atoms with Crippen molar-refractivity contribution in [3.8, 4) is 16.9 Å². The zero-order valence-corrected chi connectivity index (χ0v) is 20.7. The number of β-amino-alcohol motifs (C(OH)–C–C–N with tert-alkyl or cyclic N) is 1. The van der Waals surface area contributed by atoms with Crippen LogP contribution in [0.1, 0.15) is 34.5 Å². The number of nitrogens with zero attached hydrogens (tertiary/aromatic N) is 4. The van der Waals surface area contributed by atoms with Crippen molar-refractivity contribution < 1.29 is 14.6 Å². The molecule has 2 aliphatic rings. The van der Waals surface area contributed by atoms with Crippen molar-refractivity contribution in [3.63, 3.8) is 0 Å². The van der Waals surface area contributed by atoms with Crippen LogP contribution in [0.15, 0.2) is 48.8 Å². The molecule has 3 atom stereocenters. The highest BCUT2D eigenvalue weighted by atomic mass is 16.5. The van der Waals surface area contributed by atoms with Crippen LogP contribution in [0.2, 0.25) is 0 Å². The normalized spacial score (nSPS) is 20.0. The zero-order chi connectivity index (χ0) is 24.7. The van der Waals surface area contributed by atoms with Gasteiger partial charge in [0.15, 0.2) is 0 Å². The third kappa shape index (κ3) is 4.39. The Balaban J connectivity index is 1.32. The van der Waals surface area contributed by atoms with Crippen LogP contribution in [0.25, 0.3) is 11.1 Å². The first-order valence-corrected chi connectivity index (χ1v) is 12.1. The number of likely N-dealkylation sites (tertiary alicyclic amines) is 1. The topological polar surface area (TPSA) is 82.9 Å². The summed E-state index contributed by atoms with van der Waals surface area (Å²) in [5, 5.41) is 16.6. The fraction of sp³-hybridized carbons (Fsp3) is 0.407. The predicted octanol–water partition coefficient (Wildman–Crippen LogP) is 2.76. The Bertz CT molecular complexity index is 1240. The molecule has 2 N–H and O–H groups in total. The molecule has 2 aromatic carbocycles. The largest absolute Gasteiger partial charge is 0.497 e. The molecule has 184 valence electrons. The van der Waals surface area contributed by atoms with Gasteiger partial charge in [0.25, 0.3) is 5.91 Å². The van der Waals surface area contributed by atoms with Gasteiger partial charge in [-0.05, 0) is 60.9 Å². The standard InChI is InChI=1S/C27H33N5O3/c1-17-5-6-22(32-16-25-26(32)15-31(25)7-8-33)12-24(17)27(34)29-18(2)19-9-20(11-23(10-19)35-4)21-13-28-30(3)14-21/h5-6,9-14,18,25-26,33H,7-8,15-16H2,1-4H3,(H,29,34)/t18-,25?,26+/m1/s1. The van der Waals surface area contributed by atoms with Gasteiger partial charge < -0.3 is 20.1 Å². The molecule has 2 aliphatic heterocycles. The lowest BCUT2D eigenvalue weighted by atomic mass is 9.84. The Morgan fingerprint density at radius 3 is 2.69 bits per heavy atom. The highest BCUT2D eigenvalue weighted by Gasteiger charge is 2.51. The third-order valence-corrected chi connectivity index (χ3v) is 7.35. The molecule has 0 radical (unpaired) electrons. The van der Waals surface area contributed by atoms with Gasteiger partial charge in [-0.15, -0.1) is 0 Å². The van der Waals surface area contributed by atoms with Crippen molar-refractivity contribution in [3.05, 3.63) is 65.5 Å². The highest BCUT2D eigenvalue weighted by Crippen LogP contribution is 2.37. The quantitative estimate of drug-likeness (QED) is 0.521. The van der Waals surface area contributed by atoms with Crippen molar-refractivity contribution in [2.45, 2.75) is 32.0 Å². The lowest BCUT2D eigenvalue weighted by Gasteiger charge is -2.63. The second-order valence-corrected chi connectivity index (χ2v) is 9.60. The number of amides is 1.